The van der Waals surface area contributed by atoms with Crippen LogP contribution in [0.25, 0.3) is 10.8 Å². The zero-order valence-electron chi connectivity index (χ0n) is 9.53. The van der Waals surface area contributed by atoms with E-state index in [0.717, 1.165) is 23.0 Å². The summed E-state index contributed by atoms with van der Waals surface area (Å²) in [5.74, 6) is 0. The first-order valence-electron chi connectivity index (χ1n) is 5.39. The molecule has 0 N–H and O–H groups in total. The van der Waals surface area contributed by atoms with Crippen LogP contribution in [0.15, 0.2) is 36.4 Å². The summed E-state index contributed by atoms with van der Waals surface area (Å²) in [7, 11) is 2.05. The summed E-state index contributed by atoms with van der Waals surface area (Å²) < 4.78 is 0. The lowest BCUT2D eigenvalue weighted by atomic mass is 10.0. The molecule has 16 heavy (non-hydrogen) atoms. The minimum atomic E-state index is 0.629. The molecular weight excluding hydrogens is 198 g/mol. The molecule has 0 spiro atoms. The number of hydrogen-bond donors (Lipinski definition) is 0. The zero-order valence-corrected chi connectivity index (χ0v) is 9.53. The zero-order chi connectivity index (χ0) is 11.5. The van der Waals surface area contributed by atoms with Crippen molar-refractivity contribution in [1.82, 2.24) is 0 Å². The van der Waals surface area contributed by atoms with Crippen LogP contribution in [0.1, 0.15) is 12.5 Å². The smallest absolute Gasteiger partial charge is 0.234 e. The average Bonchev–Trinajstić information content (AvgIpc) is 2.36. The number of nitrogens with zero attached hydrogens (tertiary/aromatic N) is 1. The predicted molar refractivity (Wildman–Crippen MR) is 67.7 cm³/mol. The molecule has 0 fully saturated rings. The van der Waals surface area contributed by atoms with E-state index in [-0.39, 0.29) is 0 Å². The Kier molecular flexibility index (Phi) is 2.91. The molecule has 0 atom stereocenters. The largest absolute Gasteiger partial charge is 0.374 e. The summed E-state index contributed by atoms with van der Waals surface area (Å²) in [6.07, 6.45) is 1.99. The normalized spacial score (nSPS) is 10.4. The van der Waals surface area contributed by atoms with Crippen molar-refractivity contribution in [3.8, 4) is 0 Å². The van der Waals surface area contributed by atoms with Crippen molar-refractivity contribution in [3.05, 3.63) is 42.0 Å². The maximum atomic E-state index is 10.8. The van der Waals surface area contributed by atoms with Gasteiger partial charge in [-0.25, -0.2) is 0 Å². The average molecular weight is 212 g/mol. The van der Waals surface area contributed by atoms with Crippen molar-refractivity contribution in [1.29, 1.82) is 0 Å². The SMILES string of the molecule is CCN(C)c1ccc([C]=O)c2ccccc12. The molecular formula is C14H14NO. The minimum Gasteiger partial charge on any atom is -0.374 e. The van der Waals surface area contributed by atoms with Gasteiger partial charge >= 0.3 is 0 Å². The molecule has 0 aromatic heterocycles. The van der Waals surface area contributed by atoms with Gasteiger partial charge < -0.3 is 4.90 Å². The van der Waals surface area contributed by atoms with Crippen LogP contribution in [-0.2, 0) is 4.79 Å². The third-order valence-corrected chi connectivity index (χ3v) is 2.90. The molecule has 0 heterocycles. The quantitative estimate of drug-likeness (QED) is 0.779. The van der Waals surface area contributed by atoms with Crippen molar-refractivity contribution in [2.24, 2.45) is 0 Å². The van der Waals surface area contributed by atoms with E-state index >= 15 is 0 Å². The summed E-state index contributed by atoms with van der Waals surface area (Å²) in [5.41, 5.74) is 1.78. The van der Waals surface area contributed by atoms with Crippen molar-refractivity contribution in [3.63, 3.8) is 0 Å². The molecule has 2 aromatic carbocycles. The molecule has 0 bridgehead atoms. The number of benzene rings is 2. The van der Waals surface area contributed by atoms with Gasteiger partial charge in [-0.05, 0) is 24.4 Å². The maximum Gasteiger partial charge on any atom is 0.234 e. The first-order valence-corrected chi connectivity index (χ1v) is 5.39. The van der Waals surface area contributed by atoms with E-state index in [1.54, 1.807) is 0 Å². The summed E-state index contributed by atoms with van der Waals surface area (Å²) in [6, 6.07) is 11.7. The molecule has 0 saturated heterocycles. The molecule has 0 unspecified atom stereocenters. The van der Waals surface area contributed by atoms with Crippen LogP contribution in [0.4, 0.5) is 5.69 Å². The molecule has 2 heteroatoms. The molecule has 1 radical (unpaired) electrons. The van der Waals surface area contributed by atoms with Gasteiger partial charge in [0.15, 0.2) is 0 Å². The molecule has 2 aromatic rings. The summed E-state index contributed by atoms with van der Waals surface area (Å²) >= 11 is 0. The van der Waals surface area contributed by atoms with Crippen LogP contribution >= 0.6 is 0 Å². The second-order valence-electron chi connectivity index (χ2n) is 3.79. The highest BCUT2D eigenvalue weighted by Crippen LogP contribution is 2.27. The van der Waals surface area contributed by atoms with E-state index in [1.807, 2.05) is 49.7 Å². The van der Waals surface area contributed by atoms with E-state index in [2.05, 4.69) is 11.8 Å². The summed E-state index contributed by atoms with van der Waals surface area (Å²) in [5, 5.41) is 2.07. The van der Waals surface area contributed by atoms with Gasteiger partial charge in [-0.15, -0.1) is 0 Å². The fourth-order valence-corrected chi connectivity index (χ4v) is 1.88. The van der Waals surface area contributed by atoms with Crippen LogP contribution < -0.4 is 4.90 Å². The van der Waals surface area contributed by atoms with Gasteiger partial charge in [-0.3, -0.25) is 4.79 Å². The second-order valence-corrected chi connectivity index (χ2v) is 3.79. The highest BCUT2D eigenvalue weighted by Gasteiger charge is 2.07. The Labute approximate surface area is 95.5 Å². The third kappa shape index (κ3) is 1.67. The van der Waals surface area contributed by atoms with Crippen molar-refractivity contribution < 1.29 is 4.79 Å². The Bertz CT molecular complexity index is 519. The molecule has 0 aliphatic carbocycles. The molecule has 2 nitrogen and oxygen atoms in total. The van der Waals surface area contributed by atoms with E-state index in [1.165, 1.54) is 0 Å². The monoisotopic (exact) mass is 212 g/mol. The predicted octanol–water partition coefficient (Wildman–Crippen LogP) is 2.75. The molecule has 2 rings (SSSR count). The molecule has 0 aliphatic rings. The fraction of sp³-hybridized carbons (Fsp3) is 0.214. The lowest BCUT2D eigenvalue weighted by molar-refractivity contribution is 0.563. The number of rotatable bonds is 3. The lowest BCUT2D eigenvalue weighted by Crippen LogP contribution is -2.16. The Hall–Kier alpha value is -1.83. The van der Waals surface area contributed by atoms with Crippen LogP contribution in [-0.4, -0.2) is 19.9 Å². The Morgan fingerprint density at radius 3 is 2.44 bits per heavy atom. The molecule has 81 valence electrons. The molecule has 0 amide bonds. The Morgan fingerprint density at radius 1 is 1.12 bits per heavy atom. The number of hydrogen-bond acceptors (Lipinski definition) is 2. The Morgan fingerprint density at radius 2 is 1.81 bits per heavy atom. The highest BCUT2D eigenvalue weighted by molar-refractivity contribution is 6.04. The molecule has 0 saturated carbocycles. The molecule has 0 aliphatic heterocycles. The topological polar surface area (TPSA) is 20.3 Å². The van der Waals surface area contributed by atoms with Gasteiger partial charge in [-0.1, -0.05) is 24.3 Å². The van der Waals surface area contributed by atoms with Gasteiger partial charge in [0.25, 0.3) is 0 Å². The third-order valence-electron chi connectivity index (χ3n) is 2.90. The summed E-state index contributed by atoms with van der Waals surface area (Å²) in [6.45, 7) is 3.04. The standard InChI is InChI=1S/C14H14NO/c1-3-15(2)14-9-8-11(10-16)12-6-4-5-7-13(12)14/h4-9H,3H2,1-2H3. The van der Waals surface area contributed by atoms with E-state index in [0.29, 0.717) is 5.56 Å². The van der Waals surface area contributed by atoms with Gasteiger partial charge in [0.2, 0.25) is 6.29 Å². The van der Waals surface area contributed by atoms with Gasteiger partial charge in [-0.2, -0.15) is 0 Å². The first kappa shape index (κ1) is 10.7. The second kappa shape index (κ2) is 4.35. The van der Waals surface area contributed by atoms with Crippen molar-refractivity contribution in [2.75, 3.05) is 18.5 Å². The first-order chi connectivity index (χ1) is 7.77. The van der Waals surface area contributed by atoms with Crippen LogP contribution in [0.5, 0.6) is 0 Å². The fourth-order valence-electron chi connectivity index (χ4n) is 1.88. The summed E-state index contributed by atoms with van der Waals surface area (Å²) in [4.78, 5) is 13.0. The van der Waals surface area contributed by atoms with E-state index in [9.17, 15) is 4.79 Å². The van der Waals surface area contributed by atoms with Crippen LogP contribution in [0.2, 0.25) is 0 Å². The van der Waals surface area contributed by atoms with Crippen LogP contribution in [0.3, 0.4) is 0 Å². The van der Waals surface area contributed by atoms with E-state index < -0.39 is 0 Å². The van der Waals surface area contributed by atoms with Gasteiger partial charge in [0.05, 0.1) is 0 Å². The van der Waals surface area contributed by atoms with Gasteiger partial charge in [0.1, 0.15) is 0 Å². The highest BCUT2D eigenvalue weighted by atomic mass is 16.1. The van der Waals surface area contributed by atoms with E-state index in [4.69, 9.17) is 0 Å². The van der Waals surface area contributed by atoms with Crippen molar-refractivity contribution >= 4 is 22.7 Å². The van der Waals surface area contributed by atoms with Crippen LogP contribution in [0, 0.1) is 0 Å². The Balaban J connectivity index is 2.74. The minimum absolute atomic E-state index is 0.629. The van der Waals surface area contributed by atoms with Crippen molar-refractivity contribution in [2.45, 2.75) is 6.92 Å². The number of fused-ring (bicyclic) bond motifs is 1. The number of carbonyl (C=O) groups excluding carboxylic acids is 1. The number of anilines is 1. The maximum absolute atomic E-state index is 10.8. The van der Waals surface area contributed by atoms with Gasteiger partial charge in [0, 0.05) is 30.2 Å². The lowest BCUT2D eigenvalue weighted by Gasteiger charge is -2.19.